The van der Waals surface area contributed by atoms with E-state index < -0.39 is 0 Å². The van der Waals surface area contributed by atoms with Crippen LogP contribution in [0.1, 0.15) is 37.8 Å². The molecule has 0 saturated carbocycles. The Morgan fingerprint density at radius 3 is 3.07 bits per heavy atom. The first-order chi connectivity index (χ1) is 7.33. The summed E-state index contributed by atoms with van der Waals surface area (Å²) < 4.78 is 0. The summed E-state index contributed by atoms with van der Waals surface area (Å²) in [5.74, 6) is 0.703. The van der Waals surface area contributed by atoms with E-state index in [4.69, 9.17) is 0 Å². The van der Waals surface area contributed by atoms with Gasteiger partial charge in [-0.15, -0.1) is 0 Å². The Bertz CT molecular complexity index is 452. The van der Waals surface area contributed by atoms with Gasteiger partial charge in [-0.05, 0) is 44.4 Å². The molecule has 1 atom stereocenters. The number of nitrogens with one attached hydrogen (secondary N) is 2. The van der Waals surface area contributed by atoms with Gasteiger partial charge in [0.2, 0.25) is 0 Å². The zero-order chi connectivity index (χ0) is 10.3. The van der Waals surface area contributed by atoms with Gasteiger partial charge in [-0.3, -0.25) is 0 Å². The van der Waals surface area contributed by atoms with E-state index in [1.54, 1.807) is 11.1 Å². The van der Waals surface area contributed by atoms with Gasteiger partial charge in [-0.25, -0.2) is 4.79 Å². The van der Waals surface area contributed by atoms with Gasteiger partial charge in [0.25, 0.3) is 0 Å². The van der Waals surface area contributed by atoms with E-state index in [-0.39, 0.29) is 5.69 Å². The van der Waals surface area contributed by atoms with Crippen molar-refractivity contribution in [1.29, 1.82) is 0 Å². The molecule has 0 amide bonds. The molecular weight excluding hydrogens is 188 g/mol. The Labute approximate surface area is 88.6 Å². The Balaban J connectivity index is 1.77. The van der Waals surface area contributed by atoms with Crippen molar-refractivity contribution in [2.45, 2.75) is 38.5 Å². The number of aromatic nitrogens is 2. The van der Waals surface area contributed by atoms with Crippen molar-refractivity contribution in [3.63, 3.8) is 0 Å². The van der Waals surface area contributed by atoms with E-state index >= 15 is 0 Å². The first-order valence-corrected chi connectivity index (χ1v) is 5.80. The van der Waals surface area contributed by atoms with Crippen LogP contribution in [0.25, 0.3) is 0 Å². The van der Waals surface area contributed by atoms with Gasteiger partial charge in [0.1, 0.15) is 0 Å². The lowest BCUT2D eigenvalue weighted by Crippen LogP contribution is -2.06. The molecule has 15 heavy (non-hydrogen) atoms. The Morgan fingerprint density at radius 2 is 2.27 bits per heavy atom. The van der Waals surface area contributed by atoms with Crippen molar-refractivity contribution in [2.24, 2.45) is 5.92 Å². The number of hydrogen-bond acceptors (Lipinski definition) is 1. The molecule has 0 aliphatic heterocycles. The smallest absolute Gasteiger partial charge is 0.313 e. The van der Waals surface area contributed by atoms with Gasteiger partial charge in [0.15, 0.2) is 0 Å². The molecule has 2 aliphatic rings. The summed E-state index contributed by atoms with van der Waals surface area (Å²) >= 11 is 0. The molecule has 0 saturated heterocycles. The van der Waals surface area contributed by atoms with E-state index in [2.05, 4.69) is 9.97 Å². The maximum absolute atomic E-state index is 11.0. The number of rotatable bonds is 2. The first-order valence-electron chi connectivity index (χ1n) is 5.80. The second-order valence-electron chi connectivity index (χ2n) is 4.69. The third-order valence-corrected chi connectivity index (χ3v) is 3.78. The summed E-state index contributed by atoms with van der Waals surface area (Å²) in [4.78, 5) is 16.5. The second kappa shape index (κ2) is 3.40. The lowest BCUT2D eigenvalue weighted by atomic mass is 9.94. The maximum atomic E-state index is 11.0. The van der Waals surface area contributed by atoms with E-state index in [0.29, 0.717) is 5.92 Å². The topological polar surface area (TPSA) is 48.6 Å². The summed E-state index contributed by atoms with van der Waals surface area (Å²) in [7, 11) is 0. The highest BCUT2D eigenvalue weighted by Crippen LogP contribution is 2.43. The molecule has 0 spiro atoms. The third kappa shape index (κ3) is 1.56. The minimum atomic E-state index is -0.0800. The highest BCUT2D eigenvalue weighted by Gasteiger charge is 2.28. The minimum absolute atomic E-state index is 0.0800. The fraction of sp³-hybridized carbons (Fsp3) is 0.583. The number of aromatic amines is 2. The molecule has 1 heterocycles. The molecule has 2 aliphatic carbocycles. The quantitative estimate of drug-likeness (QED) is 0.712. The van der Waals surface area contributed by atoms with Gasteiger partial charge >= 0.3 is 5.69 Å². The Morgan fingerprint density at radius 1 is 1.33 bits per heavy atom. The van der Waals surface area contributed by atoms with Crippen molar-refractivity contribution >= 4 is 0 Å². The van der Waals surface area contributed by atoms with Crippen molar-refractivity contribution in [2.75, 3.05) is 0 Å². The molecule has 0 radical (unpaired) electrons. The molecule has 0 aromatic carbocycles. The fourth-order valence-corrected chi connectivity index (χ4v) is 3.10. The highest BCUT2D eigenvalue weighted by molar-refractivity contribution is 5.28. The van der Waals surface area contributed by atoms with E-state index in [1.165, 1.54) is 32.1 Å². The van der Waals surface area contributed by atoms with Crippen molar-refractivity contribution in [1.82, 2.24) is 9.97 Å². The summed E-state index contributed by atoms with van der Waals surface area (Å²) in [6.07, 6.45) is 9.40. The van der Waals surface area contributed by atoms with Crippen molar-refractivity contribution in [3.05, 3.63) is 33.5 Å². The van der Waals surface area contributed by atoms with E-state index in [1.807, 2.05) is 6.20 Å². The average molecular weight is 204 g/mol. The van der Waals surface area contributed by atoms with Gasteiger partial charge in [0, 0.05) is 11.9 Å². The van der Waals surface area contributed by atoms with E-state index in [9.17, 15) is 4.79 Å². The summed E-state index contributed by atoms with van der Waals surface area (Å²) in [5.41, 5.74) is 4.41. The van der Waals surface area contributed by atoms with Crippen LogP contribution in [0, 0.1) is 5.92 Å². The van der Waals surface area contributed by atoms with Gasteiger partial charge in [-0.1, -0.05) is 11.1 Å². The molecule has 3 nitrogen and oxygen atoms in total. The Hall–Kier alpha value is -1.25. The van der Waals surface area contributed by atoms with E-state index in [0.717, 1.165) is 12.1 Å². The molecule has 0 fully saturated rings. The first kappa shape index (κ1) is 9.01. The van der Waals surface area contributed by atoms with Crippen LogP contribution in [0.15, 0.2) is 22.1 Å². The summed E-state index contributed by atoms with van der Waals surface area (Å²) in [6.45, 7) is 0. The van der Waals surface area contributed by atoms with Gasteiger partial charge < -0.3 is 9.97 Å². The van der Waals surface area contributed by atoms with Crippen molar-refractivity contribution < 1.29 is 0 Å². The predicted octanol–water partition coefficient (Wildman–Crippen LogP) is 2.14. The zero-order valence-electron chi connectivity index (χ0n) is 8.81. The standard InChI is InChI=1S/C12H16N2O/c15-12-13-7-10(14-12)6-9-5-4-8-2-1-3-11(8)9/h7,9H,1-6H2,(H2,13,14,15). The molecule has 1 unspecified atom stereocenters. The molecule has 3 rings (SSSR count). The predicted molar refractivity (Wildman–Crippen MR) is 58.7 cm³/mol. The summed E-state index contributed by atoms with van der Waals surface area (Å²) in [5, 5.41) is 0. The van der Waals surface area contributed by atoms with Crippen LogP contribution in [0.5, 0.6) is 0 Å². The normalized spacial score (nSPS) is 24.9. The average Bonchev–Trinajstić information content (AvgIpc) is 2.85. The van der Waals surface area contributed by atoms with Crippen LogP contribution in [-0.4, -0.2) is 9.97 Å². The minimum Gasteiger partial charge on any atom is -0.313 e. The monoisotopic (exact) mass is 204 g/mol. The molecule has 80 valence electrons. The number of hydrogen-bond donors (Lipinski definition) is 2. The SMILES string of the molecule is O=c1[nH]cc(CC2CCC3=C2CCC3)[nH]1. The van der Waals surface area contributed by atoms with Crippen LogP contribution >= 0.6 is 0 Å². The van der Waals surface area contributed by atoms with Crippen LogP contribution in [0.3, 0.4) is 0 Å². The van der Waals surface area contributed by atoms with Crippen LogP contribution < -0.4 is 5.69 Å². The molecular formula is C12H16N2O. The molecule has 3 heteroatoms. The van der Waals surface area contributed by atoms with Crippen LogP contribution in [-0.2, 0) is 6.42 Å². The highest BCUT2D eigenvalue weighted by atomic mass is 16.1. The molecule has 1 aromatic heterocycles. The van der Waals surface area contributed by atoms with Crippen LogP contribution in [0.4, 0.5) is 0 Å². The lowest BCUT2D eigenvalue weighted by molar-refractivity contribution is 0.565. The Kier molecular flexibility index (Phi) is 2.04. The second-order valence-corrected chi connectivity index (χ2v) is 4.69. The van der Waals surface area contributed by atoms with Gasteiger partial charge in [-0.2, -0.15) is 0 Å². The molecule has 0 bridgehead atoms. The number of imidazole rings is 1. The fourth-order valence-electron chi connectivity index (χ4n) is 3.10. The number of allylic oxidation sites excluding steroid dienone is 2. The maximum Gasteiger partial charge on any atom is 0.323 e. The van der Waals surface area contributed by atoms with Gasteiger partial charge in [0.05, 0.1) is 0 Å². The molecule has 1 aromatic rings. The third-order valence-electron chi connectivity index (χ3n) is 3.78. The zero-order valence-corrected chi connectivity index (χ0v) is 8.81. The largest absolute Gasteiger partial charge is 0.323 e. The summed E-state index contributed by atoms with van der Waals surface area (Å²) in [6, 6.07) is 0. The molecule has 2 N–H and O–H groups in total. The van der Waals surface area contributed by atoms with Crippen molar-refractivity contribution in [3.8, 4) is 0 Å². The van der Waals surface area contributed by atoms with Crippen LogP contribution in [0.2, 0.25) is 0 Å². The number of H-pyrrole nitrogens is 2. The lowest BCUT2D eigenvalue weighted by Gasteiger charge is -2.11.